The lowest BCUT2D eigenvalue weighted by atomic mass is 9.95. The van der Waals surface area contributed by atoms with E-state index in [4.69, 9.17) is 5.73 Å². The Morgan fingerprint density at radius 3 is 2.55 bits per heavy atom. The second kappa shape index (κ2) is 8.92. The molecule has 2 heterocycles. The number of halogens is 3. The van der Waals surface area contributed by atoms with E-state index < -0.39 is 17.8 Å². The topological polar surface area (TPSA) is 97.9 Å². The summed E-state index contributed by atoms with van der Waals surface area (Å²) in [6.07, 6.45) is 2.29. The number of anilines is 3. The molecule has 1 atom stereocenters. The molecule has 1 saturated carbocycles. The molecule has 10 heteroatoms. The van der Waals surface area contributed by atoms with Gasteiger partial charge in [-0.2, -0.15) is 13.2 Å². The maximum absolute atomic E-state index is 13.2. The molecule has 0 aliphatic heterocycles. The second-order valence-corrected chi connectivity index (χ2v) is 8.61. The molecule has 4 rings (SSSR count). The fourth-order valence-corrected chi connectivity index (χ4v) is 4.33. The molecule has 1 fully saturated rings. The number of pyridine rings is 1. The summed E-state index contributed by atoms with van der Waals surface area (Å²) < 4.78 is 41.1. The van der Waals surface area contributed by atoms with Gasteiger partial charge in [-0.25, -0.2) is 9.97 Å². The van der Waals surface area contributed by atoms with Gasteiger partial charge in [0.25, 0.3) is 5.56 Å². The number of aryl methyl sites for hydroxylation is 1. The standard InChI is InChI=1S/C23H27F3N6O/c1-13(14-8-15(23(24,25)26)10-16(27)9-14)30-20-18-11-19(31-17-6-4-3-5-7-17)22(33)32(2)21(18)29-12-28-20/h8-13,17,31H,3-7,27H2,1-2H3,(H,28,29,30)/t13-/m1/s1. The van der Waals surface area contributed by atoms with Crippen molar-refractivity contribution in [3.8, 4) is 0 Å². The number of fused-ring (bicyclic) bond motifs is 1. The van der Waals surface area contributed by atoms with Crippen LogP contribution in [-0.2, 0) is 13.2 Å². The number of alkyl halides is 3. The van der Waals surface area contributed by atoms with Crippen molar-refractivity contribution in [1.82, 2.24) is 14.5 Å². The van der Waals surface area contributed by atoms with Crippen molar-refractivity contribution in [3.63, 3.8) is 0 Å². The first-order valence-corrected chi connectivity index (χ1v) is 11.0. The summed E-state index contributed by atoms with van der Waals surface area (Å²) in [6.45, 7) is 1.73. The van der Waals surface area contributed by atoms with Crippen LogP contribution in [0.25, 0.3) is 11.0 Å². The Balaban J connectivity index is 1.69. The SMILES string of the molecule is C[C@@H](Nc1ncnc2c1cc(NC1CCCCC1)c(=O)n2C)c1cc(N)cc(C(F)(F)F)c1. The average molecular weight is 461 g/mol. The summed E-state index contributed by atoms with van der Waals surface area (Å²) in [5.41, 5.74) is 6.03. The quantitative estimate of drug-likeness (QED) is 0.471. The lowest BCUT2D eigenvalue weighted by Gasteiger charge is -2.24. The summed E-state index contributed by atoms with van der Waals surface area (Å²) in [5, 5.41) is 7.14. The van der Waals surface area contributed by atoms with Gasteiger partial charge in [-0.1, -0.05) is 19.3 Å². The van der Waals surface area contributed by atoms with E-state index in [1.165, 1.54) is 23.4 Å². The second-order valence-electron chi connectivity index (χ2n) is 8.61. The number of aromatic nitrogens is 3. The molecular weight excluding hydrogens is 433 g/mol. The van der Waals surface area contributed by atoms with Crippen molar-refractivity contribution in [1.29, 1.82) is 0 Å². The van der Waals surface area contributed by atoms with E-state index in [1.807, 2.05) is 0 Å². The van der Waals surface area contributed by atoms with Crippen molar-refractivity contribution in [2.45, 2.75) is 57.3 Å². The Labute approximate surface area is 189 Å². The molecule has 33 heavy (non-hydrogen) atoms. The average Bonchev–Trinajstić information content (AvgIpc) is 2.77. The van der Waals surface area contributed by atoms with Crippen LogP contribution in [0.1, 0.15) is 56.2 Å². The van der Waals surface area contributed by atoms with E-state index in [0.717, 1.165) is 37.8 Å². The molecular formula is C23H27F3N6O. The normalized spacial score (nSPS) is 16.0. The lowest BCUT2D eigenvalue weighted by Crippen LogP contribution is -2.29. The van der Waals surface area contributed by atoms with Gasteiger partial charge < -0.3 is 16.4 Å². The van der Waals surface area contributed by atoms with Crippen LogP contribution in [-0.4, -0.2) is 20.6 Å². The summed E-state index contributed by atoms with van der Waals surface area (Å²) in [7, 11) is 1.64. The number of nitrogen functional groups attached to an aromatic ring is 1. The molecule has 2 aromatic heterocycles. The van der Waals surface area contributed by atoms with Gasteiger partial charge in [-0.05, 0) is 49.6 Å². The molecule has 1 aliphatic carbocycles. The van der Waals surface area contributed by atoms with E-state index in [0.29, 0.717) is 28.1 Å². The molecule has 3 aromatic rings. The van der Waals surface area contributed by atoms with Crippen molar-refractivity contribution in [2.24, 2.45) is 7.05 Å². The van der Waals surface area contributed by atoms with E-state index >= 15 is 0 Å². The van der Waals surface area contributed by atoms with Crippen LogP contribution in [0.3, 0.4) is 0 Å². The van der Waals surface area contributed by atoms with Crippen LogP contribution < -0.4 is 21.9 Å². The van der Waals surface area contributed by atoms with Gasteiger partial charge in [0, 0.05) is 18.8 Å². The first-order chi connectivity index (χ1) is 15.6. The molecule has 1 aromatic carbocycles. The molecule has 0 amide bonds. The molecule has 0 radical (unpaired) electrons. The van der Waals surface area contributed by atoms with Gasteiger partial charge in [0.15, 0.2) is 0 Å². The fourth-order valence-electron chi connectivity index (χ4n) is 4.33. The number of nitrogens with zero attached hydrogens (tertiary/aromatic N) is 3. The maximum atomic E-state index is 13.2. The third kappa shape index (κ3) is 4.89. The monoisotopic (exact) mass is 460 g/mol. The minimum atomic E-state index is -4.50. The smallest absolute Gasteiger partial charge is 0.399 e. The minimum Gasteiger partial charge on any atom is -0.399 e. The largest absolute Gasteiger partial charge is 0.416 e. The maximum Gasteiger partial charge on any atom is 0.416 e. The van der Waals surface area contributed by atoms with Gasteiger partial charge in [0.2, 0.25) is 0 Å². The zero-order valence-electron chi connectivity index (χ0n) is 18.5. The van der Waals surface area contributed by atoms with Crippen LogP contribution in [0.4, 0.5) is 30.4 Å². The van der Waals surface area contributed by atoms with Gasteiger partial charge in [0.05, 0.1) is 17.0 Å². The highest BCUT2D eigenvalue weighted by Gasteiger charge is 2.31. The summed E-state index contributed by atoms with van der Waals surface area (Å²) in [6, 6.07) is 4.92. The zero-order valence-corrected chi connectivity index (χ0v) is 18.5. The zero-order chi connectivity index (χ0) is 23.8. The summed E-state index contributed by atoms with van der Waals surface area (Å²) in [5.74, 6) is 0.422. The van der Waals surface area contributed by atoms with Gasteiger partial charge in [-0.15, -0.1) is 0 Å². The molecule has 1 aliphatic rings. The molecule has 0 spiro atoms. The Morgan fingerprint density at radius 1 is 1.12 bits per heavy atom. The van der Waals surface area contributed by atoms with Crippen molar-refractivity contribution in [2.75, 3.05) is 16.4 Å². The third-order valence-corrected chi connectivity index (χ3v) is 6.13. The van der Waals surface area contributed by atoms with Crippen LogP contribution >= 0.6 is 0 Å². The number of rotatable bonds is 5. The Kier molecular flexibility index (Phi) is 6.18. The van der Waals surface area contributed by atoms with Crippen LogP contribution in [0.15, 0.2) is 35.4 Å². The predicted octanol–water partition coefficient (Wildman–Crippen LogP) is 4.85. The van der Waals surface area contributed by atoms with E-state index in [2.05, 4.69) is 20.6 Å². The highest BCUT2D eigenvalue weighted by atomic mass is 19.4. The molecule has 0 bridgehead atoms. The Morgan fingerprint density at radius 2 is 1.85 bits per heavy atom. The Bertz CT molecular complexity index is 1220. The number of hydrogen-bond donors (Lipinski definition) is 3. The minimum absolute atomic E-state index is 0.0300. The molecule has 0 saturated heterocycles. The van der Waals surface area contributed by atoms with Gasteiger partial charge in [0.1, 0.15) is 23.5 Å². The molecule has 4 N–H and O–H groups in total. The van der Waals surface area contributed by atoms with E-state index in [1.54, 1.807) is 20.0 Å². The van der Waals surface area contributed by atoms with Crippen LogP contribution in [0, 0.1) is 0 Å². The lowest BCUT2D eigenvalue weighted by molar-refractivity contribution is -0.137. The molecule has 7 nitrogen and oxygen atoms in total. The highest BCUT2D eigenvalue weighted by molar-refractivity contribution is 5.89. The number of benzene rings is 1. The first-order valence-electron chi connectivity index (χ1n) is 11.0. The van der Waals surface area contributed by atoms with E-state index in [-0.39, 0.29) is 17.3 Å². The summed E-state index contributed by atoms with van der Waals surface area (Å²) >= 11 is 0. The third-order valence-electron chi connectivity index (χ3n) is 6.13. The van der Waals surface area contributed by atoms with Crippen molar-refractivity contribution >= 4 is 28.2 Å². The first kappa shape index (κ1) is 22.9. The fraction of sp³-hybridized carbons (Fsp3) is 0.435. The van der Waals surface area contributed by atoms with Crippen LogP contribution in [0.2, 0.25) is 0 Å². The number of nitrogens with one attached hydrogen (secondary N) is 2. The van der Waals surface area contributed by atoms with Crippen molar-refractivity contribution in [3.05, 3.63) is 52.1 Å². The van der Waals surface area contributed by atoms with Gasteiger partial charge >= 0.3 is 6.18 Å². The summed E-state index contributed by atoms with van der Waals surface area (Å²) in [4.78, 5) is 21.4. The number of nitrogens with two attached hydrogens (primary N) is 1. The molecule has 0 unspecified atom stereocenters. The van der Waals surface area contributed by atoms with Crippen LogP contribution in [0.5, 0.6) is 0 Å². The predicted molar refractivity (Wildman–Crippen MR) is 123 cm³/mol. The van der Waals surface area contributed by atoms with Crippen molar-refractivity contribution < 1.29 is 13.2 Å². The highest BCUT2D eigenvalue weighted by Crippen LogP contribution is 2.34. The Hall–Kier alpha value is -3.30. The van der Waals surface area contributed by atoms with Gasteiger partial charge in [-0.3, -0.25) is 9.36 Å². The van der Waals surface area contributed by atoms with E-state index in [9.17, 15) is 18.0 Å². The molecule has 176 valence electrons. The number of hydrogen-bond acceptors (Lipinski definition) is 6.